The van der Waals surface area contributed by atoms with Crippen LogP contribution >= 0.6 is 11.3 Å². The third kappa shape index (κ3) is 5.82. The lowest BCUT2D eigenvalue weighted by molar-refractivity contribution is -0.131. The van der Waals surface area contributed by atoms with Crippen molar-refractivity contribution in [1.82, 2.24) is 24.4 Å². The first-order valence-electron chi connectivity index (χ1n) is 14.0. The van der Waals surface area contributed by atoms with Gasteiger partial charge in [-0.3, -0.25) is 9.59 Å². The molecule has 0 fully saturated rings. The molecule has 3 heterocycles. The van der Waals surface area contributed by atoms with Crippen molar-refractivity contribution in [2.45, 2.75) is 33.6 Å². The molecule has 6 rings (SSSR count). The molecule has 0 unspecified atom stereocenters. The molecule has 3 aromatic heterocycles. The van der Waals surface area contributed by atoms with Crippen molar-refractivity contribution in [2.75, 3.05) is 6.61 Å². The van der Waals surface area contributed by atoms with Crippen molar-refractivity contribution in [2.24, 2.45) is 0 Å². The van der Waals surface area contributed by atoms with E-state index in [-0.39, 0.29) is 5.56 Å². The lowest BCUT2D eigenvalue weighted by Gasteiger charge is -2.09. The second-order valence-corrected chi connectivity index (χ2v) is 11.0. The monoisotopic (exact) mass is 591 g/mol. The van der Waals surface area contributed by atoms with Gasteiger partial charge in [0.15, 0.2) is 5.82 Å². The molecule has 0 bridgehead atoms. The Labute approximate surface area is 251 Å². The molecule has 0 spiro atoms. The van der Waals surface area contributed by atoms with Gasteiger partial charge < -0.3 is 9.47 Å². The molecule has 0 amide bonds. The van der Waals surface area contributed by atoms with Crippen molar-refractivity contribution >= 4 is 28.3 Å². The van der Waals surface area contributed by atoms with Crippen LogP contribution in [0.2, 0.25) is 0 Å². The van der Waals surface area contributed by atoms with Crippen LogP contribution in [0.15, 0.2) is 83.8 Å². The summed E-state index contributed by atoms with van der Waals surface area (Å²) in [4.78, 5) is 30.1. The second-order valence-electron chi connectivity index (χ2n) is 10.0. The standard InChI is InChI=1S/C33H29N5O4S/c1-4-5-17-41-25-15-16-26(21(2)18-25)30-23(20-37(35-30)24-11-7-6-8-12-24)19-29-32(40)38-33(43-29)34-31(36-38)27-13-9-10-14-28(27)42-22(3)39/h6-16,18-20H,4-5,17H2,1-3H3/b29-19-. The lowest BCUT2D eigenvalue weighted by atomic mass is 10.0. The van der Waals surface area contributed by atoms with Crippen LogP contribution in [0.5, 0.6) is 11.5 Å². The Balaban J connectivity index is 1.43. The van der Waals surface area contributed by atoms with Crippen molar-refractivity contribution < 1.29 is 14.3 Å². The highest BCUT2D eigenvalue weighted by atomic mass is 32.1. The smallest absolute Gasteiger partial charge is 0.308 e. The number of unbranched alkanes of at least 4 members (excludes halogenated alkanes) is 1. The molecule has 0 radical (unpaired) electrons. The zero-order chi connectivity index (χ0) is 29.9. The Hall–Kier alpha value is -5.09. The quantitative estimate of drug-likeness (QED) is 0.122. The first-order valence-corrected chi connectivity index (χ1v) is 14.8. The fourth-order valence-corrected chi connectivity index (χ4v) is 5.62. The van der Waals surface area contributed by atoms with E-state index in [0.717, 1.165) is 46.7 Å². The molecule has 0 N–H and O–H groups in total. The molecule has 0 atom stereocenters. The van der Waals surface area contributed by atoms with Gasteiger partial charge in [-0.05, 0) is 67.4 Å². The number of ether oxygens (including phenoxy) is 2. The van der Waals surface area contributed by atoms with Crippen LogP contribution in [0.25, 0.3) is 39.4 Å². The van der Waals surface area contributed by atoms with Crippen LogP contribution in [0.1, 0.15) is 37.8 Å². The van der Waals surface area contributed by atoms with E-state index < -0.39 is 5.97 Å². The summed E-state index contributed by atoms with van der Waals surface area (Å²) in [6.45, 7) is 6.18. The number of hydrogen-bond donors (Lipinski definition) is 0. The van der Waals surface area contributed by atoms with Crippen molar-refractivity contribution in [3.05, 3.63) is 105 Å². The van der Waals surface area contributed by atoms with E-state index in [1.165, 1.54) is 22.8 Å². The minimum Gasteiger partial charge on any atom is -0.494 e. The number of aryl methyl sites for hydroxylation is 1. The molecule has 0 aliphatic heterocycles. The van der Waals surface area contributed by atoms with Gasteiger partial charge >= 0.3 is 5.97 Å². The predicted octanol–water partition coefficient (Wildman–Crippen LogP) is 5.63. The number of hydrogen-bond acceptors (Lipinski definition) is 8. The van der Waals surface area contributed by atoms with Crippen LogP contribution in [-0.2, 0) is 4.79 Å². The summed E-state index contributed by atoms with van der Waals surface area (Å²) in [6.07, 6.45) is 5.83. The highest BCUT2D eigenvalue weighted by Crippen LogP contribution is 2.31. The van der Waals surface area contributed by atoms with Crippen LogP contribution in [0, 0.1) is 6.92 Å². The SMILES string of the molecule is CCCCOc1ccc(-c2nn(-c3ccccc3)cc2/C=c2\sc3nc(-c4ccccc4OC(C)=O)nn3c2=O)c(C)c1. The van der Waals surface area contributed by atoms with Crippen LogP contribution < -0.4 is 19.6 Å². The maximum atomic E-state index is 13.5. The van der Waals surface area contributed by atoms with Gasteiger partial charge in [0.2, 0.25) is 4.96 Å². The van der Waals surface area contributed by atoms with E-state index >= 15 is 0 Å². The number of carbonyl (C=O) groups excluding carboxylic acids is 1. The first kappa shape index (κ1) is 28.0. The number of nitrogens with zero attached hydrogens (tertiary/aromatic N) is 5. The van der Waals surface area contributed by atoms with Gasteiger partial charge in [0, 0.05) is 24.2 Å². The average molecular weight is 592 g/mol. The molecule has 10 heteroatoms. The van der Waals surface area contributed by atoms with E-state index in [1.54, 1.807) is 24.3 Å². The van der Waals surface area contributed by atoms with Gasteiger partial charge in [-0.25, -0.2) is 4.68 Å². The molecule has 0 saturated carbocycles. The van der Waals surface area contributed by atoms with Gasteiger partial charge in [-0.15, -0.1) is 5.10 Å². The Kier molecular flexibility index (Phi) is 7.84. The van der Waals surface area contributed by atoms with E-state index in [0.29, 0.717) is 33.2 Å². The number of rotatable bonds is 9. The Morgan fingerprint density at radius 1 is 1.00 bits per heavy atom. The Morgan fingerprint density at radius 2 is 1.79 bits per heavy atom. The molecular weight excluding hydrogens is 562 g/mol. The maximum Gasteiger partial charge on any atom is 0.308 e. The topological polar surface area (TPSA) is 101 Å². The fourth-order valence-electron chi connectivity index (χ4n) is 4.73. The normalized spacial score (nSPS) is 11.7. The Morgan fingerprint density at radius 3 is 2.53 bits per heavy atom. The minimum absolute atomic E-state index is 0.293. The summed E-state index contributed by atoms with van der Waals surface area (Å²) in [5.41, 5.74) is 4.63. The summed E-state index contributed by atoms with van der Waals surface area (Å²) < 4.78 is 14.8. The highest BCUT2D eigenvalue weighted by molar-refractivity contribution is 7.15. The third-order valence-electron chi connectivity index (χ3n) is 6.83. The molecule has 0 aliphatic carbocycles. The largest absolute Gasteiger partial charge is 0.494 e. The van der Waals surface area contributed by atoms with E-state index in [9.17, 15) is 9.59 Å². The van der Waals surface area contributed by atoms with E-state index in [1.807, 2.05) is 72.4 Å². The van der Waals surface area contributed by atoms with Crippen molar-refractivity contribution in [1.29, 1.82) is 0 Å². The van der Waals surface area contributed by atoms with Gasteiger partial charge in [0.1, 0.15) is 17.2 Å². The highest BCUT2D eigenvalue weighted by Gasteiger charge is 2.18. The van der Waals surface area contributed by atoms with Crippen molar-refractivity contribution in [3.8, 4) is 39.8 Å². The number of benzene rings is 3. The number of fused-ring (bicyclic) bond motifs is 1. The Bertz CT molecular complexity index is 2040. The number of thiazole rings is 1. The number of para-hydroxylation sites is 2. The zero-order valence-electron chi connectivity index (χ0n) is 24.0. The third-order valence-corrected chi connectivity index (χ3v) is 7.79. The van der Waals surface area contributed by atoms with Crippen LogP contribution in [0.3, 0.4) is 0 Å². The van der Waals surface area contributed by atoms with Crippen LogP contribution in [-0.4, -0.2) is 37.0 Å². The molecule has 6 aromatic rings. The van der Waals surface area contributed by atoms with Gasteiger partial charge in [0.25, 0.3) is 5.56 Å². The molecule has 0 saturated heterocycles. The molecule has 9 nitrogen and oxygen atoms in total. The summed E-state index contributed by atoms with van der Waals surface area (Å²) in [7, 11) is 0. The zero-order valence-corrected chi connectivity index (χ0v) is 24.8. The number of aromatic nitrogens is 5. The first-order chi connectivity index (χ1) is 20.9. The van der Waals surface area contributed by atoms with Gasteiger partial charge in [-0.1, -0.05) is 55.0 Å². The summed E-state index contributed by atoms with van der Waals surface area (Å²) in [5, 5.41) is 9.40. The molecule has 43 heavy (non-hydrogen) atoms. The second kappa shape index (κ2) is 12.0. The summed E-state index contributed by atoms with van der Waals surface area (Å²) in [6, 6.07) is 22.8. The number of carbonyl (C=O) groups is 1. The number of esters is 1. The summed E-state index contributed by atoms with van der Waals surface area (Å²) >= 11 is 1.24. The van der Waals surface area contributed by atoms with E-state index in [2.05, 4.69) is 17.0 Å². The fraction of sp³-hybridized carbons (Fsp3) is 0.182. The van der Waals surface area contributed by atoms with Gasteiger partial charge in [0.05, 0.1) is 22.4 Å². The van der Waals surface area contributed by atoms with E-state index in [4.69, 9.17) is 14.6 Å². The predicted molar refractivity (Wildman–Crippen MR) is 167 cm³/mol. The molecule has 3 aromatic carbocycles. The molecular formula is C33H29N5O4S. The molecule has 0 aliphatic rings. The van der Waals surface area contributed by atoms with Crippen LogP contribution in [0.4, 0.5) is 0 Å². The minimum atomic E-state index is -0.448. The van der Waals surface area contributed by atoms with Gasteiger partial charge in [-0.2, -0.15) is 14.6 Å². The van der Waals surface area contributed by atoms with Crippen molar-refractivity contribution in [3.63, 3.8) is 0 Å². The average Bonchev–Trinajstić information content (AvgIpc) is 3.69. The lowest BCUT2D eigenvalue weighted by Crippen LogP contribution is -2.23. The molecule has 216 valence electrons. The maximum absolute atomic E-state index is 13.5. The summed E-state index contributed by atoms with van der Waals surface area (Å²) in [5.74, 6) is 1.01.